The smallest absolute Gasteiger partial charge is 0.161 e. The zero-order valence-electron chi connectivity index (χ0n) is 25.2. The molecule has 0 aromatic heterocycles. The molecule has 9 heteroatoms. The van der Waals surface area contributed by atoms with Crippen LogP contribution < -0.4 is 18.9 Å². The van der Waals surface area contributed by atoms with Gasteiger partial charge in [-0.3, -0.25) is 4.79 Å². The molecule has 4 aromatic carbocycles. The number of ether oxygens (including phenoxy) is 4. The van der Waals surface area contributed by atoms with Gasteiger partial charge in [0.2, 0.25) is 0 Å². The number of hydrogen-bond acceptors (Lipinski definition) is 9. The molecule has 0 saturated heterocycles. The lowest BCUT2D eigenvalue weighted by Crippen LogP contribution is -2.23. The van der Waals surface area contributed by atoms with Gasteiger partial charge in [0.25, 0.3) is 0 Å². The first-order valence-electron chi connectivity index (χ1n) is 14.6. The van der Waals surface area contributed by atoms with E-state index < -0.39 is 17.6 Å². The van der Waals surface area contributed by atoms with Crippen molar-refractivity contribution in [3.63, 3.8) is 0 Å². The highest BCUT2D eigenvalue weighted by Gasteiger charge is 2.36. The molecular formula is C35H38O9. The van der Waals surface area contributed by atoms with Crippen molar-refractivity contribution < 1.29 is 44.2 Å². The minimum Gasteiger partial charge on any atom is -0.508 e. The lowest BCUT2D eigenvalue weighted by atomic mass is 9.76. The highest BCUT2D eigenvalue weighted by Crippen LogP contribution is 2.45. The molecule has 0 aliphatic heterocycles. The van der Waals surface area contributed by atoms with Gasteiger partial charge in [0.1, 0.15) is 23.0 Å². The van der Waals surface area contributed by atoms with E-state index in [0.717, 1.165) is 0 Å². The fourth-order valence-corrected chi connectivity index (χ4v) is 5.21. The van der Waals surface area contributed by atoms with Gasteiger partial charge in [-0.15, -0.1) is 0 Å². The first-order valence-corrected chi connectivity index (χ1v) is 14.6. The number of rotatable bonds is 14. The van der Waals surface area contributed by atoms with Crippen molar-refractivity contribution in [2.24, 2.45) is 0 Å². The summed E-state index contributed by atoms with van der Waals surface area (Å²) in [4.78, 5) is 15.0. The zero-order chi connectivity index (χ0) is 31.8. The second kappa shape index (κ2) is 14.4. The Bertz CT molecular complexity index is 1480. The largest absolute Gasteiger partial charge is 0.508 e. The molecule has 232 valence electrons. The lowest BCUT2D eigenvalue weighted by Gasteiger charge is -2.26. The Kier molecular flexibility index (Phi) is 10.4. The van der Waals surface area contributed by atoms with Crippen molar-refractivity contribution in [1.82, 2.24) is 0 Å². The van der Waals surface area contributed by atoms with Gasteiger partial charge < -0.3 is 39.4 Å². The monoisotopic (exact) mass is 602 g/mol. The molecule has 0 aliphatic carbocycles. The molecule has 2 unspecified atom stereocenters. The summed E-state index contributed by atoms with van der Waals surface area (Å²) in [6, 6.07) is 18.4. The predicted molar refractivity (Wildman–Crippen MR) is 166 cm³/mol. The standard InChI is InChI=1S/C35H38O9/c1-5-41-29-15-9-21(17-31(29)43-7-3)33(25-13-11-23(36)19-27(25)38)35(40)34(26-14-12-24(37)20-28(26)39)22-10-16-30(42-6-2)32(18-22)44-8-4/h9-20,33-34,36-39H,5-8H2,1-4H3. The zero-order valence-corrected chi connectivity index (χ0v) is 25.2. The summed E-state index contributed by atoms with van der Waals surface area (Å²) in [6.45, 7) is 8.89. The maximum absolute atomic E-state index is 15.0. The van der Waals surface area contributed by atoms with E-state index in [1.54, 1.807) is 36.4 Å². The summed E-state index contributed by atoms with van der Waals surface area (Å²) in [5.74, 6) is -1.66. The van der Waals surface area contributed by atoms with Crippen LogP contribution in [0.5, 0.6) is 46.0 Å². The topological polar surface area (TPSA) is 135 Å². The third-order valence-corrected chi connectivity index (χ3v) is 7.02. The average Bonchev–Trinajstić information content (AvgIpc) is 2.98. The van der Waals surface area contributed by atoms with E-state index in [1.807, 2.05) is 27.7 Å². The summed E-state index contributed by atoms with van der Waals surface area (Å²) in [5, 5.41) is 42.1. The van der Waals surface area contributed by atoms with Crippen molar-refractivity contribution in [2.75, 3.05) is 26.4 Å². The van der Waals surface area contributed by atoms with Crippen LogP contribution in [0.2, 0.25) is 0 Å². The molecule has 0 radical (unpaired) electrons. The van der Waals surface area contributed by atoms with Gasteiger partial charge in [0.05, 0.1) is 38.3 Å². The molecule has 2 atom stereocenters. The van der Waals surface area contributed by atoms with E-state index in [9.17, 15) is 25.2 Å². The van der Waals surface area contributed by atoms with Gasteiger partial charge >= 0.3 is 0 Å². The van der Waals surface area contributed by atoms with E-state index in [4.69, 9.17) is 18.9 Å². The fourth-order valence-electron chi connectivity index (χ4n) is 5.21. The number of carbonyl (C=O) groups excluding carboxylic acids is 1. The van der Waals surface area contributed by atoms with E-state index in [1.165, 1.54) is 36.4 Å². The van der Waals surface area contributed by atoms with Gasteiger partial charge in [0.15, 0.2) is 28.8 Å². The first kappa shape index (κ1) is 31.9. The molecule has 9 nitrogen and oxygen atoms in total. The Morgan fingerprint density at radius 3 is 1.23 bits per heavy atom. The molecule has 0 amide bonds. The molecular weight excluding hydrogens is 564 g/mol. The highest BCUT2D eigenvalue weighted by atomic mass is 16.5. The van der Waals surface area contributed by atoms with Gasteiger partial charge in [0, 0.05) is 23.3 Å². The quantitative estimate of drug-likeness (QED) is 0.125. The van der Waals surface area contributed by atoms with Gasteiger partial charge in [-0.05, 0) is 75.2 Å². The Morgan fingerprint density at radius 1 is 0.523 bits per heavy atom. The van der Waals surface area contributed by atoms with Crippen LogP contribution in [-0.2, 0) is 4.79 Å². The number of phenols is 4. The van der Waals surface area contributed by atoms with Crippen LogP contribution in [0, 0.1) is 0 Å². The summed E-state index contributed by atoms with van der Waals surface area (Å²) in [6.07, 6.45) is 0. The maximum atomic E-state index is 15.0. The number of Topliss-reactive ketones (excluding diaryl/α,β-unsaturated/α-hetero) is 1. The van der Waals surface area contributed by atoms with Crippen LogP contribution in [0.4, 0.5) is 0 Å². The van der Waals surface area contributed by atoms with Crippen molar-refractivity contribution in [3.05, 3.63) is 95.1 Å². The summed E-state index contributed by atoms with van der Waals surface area (Å²) < 4.78 is 23.2. The Labute approximate surface area is 256 Å². The van der Waals surface area contributed by atoms with E-state index in [2.05, 4.69) is 0 Å². The second-order valence-electron chi connectivity index (χ2n) is 9.90. The van der Waals surface area contributed by atoms with Crippen molar-refractivity contribution >= 4 is 5.78 Å². The maximum Gasteiger partial charge on any atom is 0.161 e. The van der Waals surface area contributed by atoms with Crippen LogP contribution >= 0.6 is 0 Å². The van der Waals surface area contributed by atoms with Crippen LogP contribution in [0.3, 0.4) is 0 Å². The number of carbonyl (C=O) groups is 1. The minimum absolute atomic E-state index is 0.167. The van der Waals surface area contributed by atoms with Crippen LogP contribution in [0.15, 0.2) is 72.8 Å². The number of hydrogen-bond donors (Lipinski definition) is 4. The number of aromatic hydroxyl groups is 4. The lowest BCUT2D eigenvalue weighted by molar-refractivity contribution is -0.120. The SMILES string of the molecule is CCOc1ccc(C(C(=O)C(c2ccc(OCC)c(OCC)c2)c2ccc(O)cc2O)c2ccc(O)cc2O)cc1OCC. The summed E-state index contributed by atoms with van der Waals surface area (Å²) >= 11 is 0. The Balaban J connectivity index is 1.98. The van der Waals surface area contributed by atoms with Crippen molar-refractivity contribution in [3.8, 4) is 46.0 Å². The molecule has 44 heavy (non-hydrogen) atoms. The normalized spacial score (nSPS) is 12.3. The average molecular weight is 603 g/mol. The van der Waals surface area contributed by atoms with E-state index in [-0.39, 0.29) is 34.1 Å². The van der Waals surface area contributed by atoms with E-state index >= 15 is 0 Å². The second-order valence-corrected chi connectivity index (χ2v) is 9.90. The number of ketones is 1. The molecule has 0 saturated carbocycles. The minimum atomic E-state index is -1.09. The molecule has 4 aromatic rings. The molecule has 0 fully saturated rings. The van der Waals surface area contributed by atoms with E-state index in [0.29, 0.717) is 60.6 Å². The van der Waals surface area contributed by atoms with Gasteiger partial charge in [-0.2, -0.15) is 0 Å². The van der Waals surface area contributed by atoms with Crippen molar-refractivity contribution in [1.29, 1.82) is 0 Å². The number of benzene rings is 4. The fraction of sp³-hybridized carbons (Fsp3) is 0.286. The molecule has 0 heterocycles. The van der Waals surface area contributed by atoms with Crippen molar-refractivity contribution in [2.45, 2.75) is 39.5 Å². The molecule has 0 bridgehead atoms. The van der Waals surface area contributed by atoms with Crippen LogP contribution in [0.25, 0.3) is 0 Å². The third kappa shape index (κ3) is 6.94. The van der Waals surface area contributed by atoms with Crippen LogP contribution in [-0.4, -0.2) is 52.6 Å². The Hall–Kier alpha value is -5.05. The van der Waals surface area contributed by atoms with Gasteiger partial charge in [-0.25, -0.2) is 0 Å². The number of phenolic OH excluding ortho intramolecular Hbond substituents is 4. The van der Waals surface area contributed by atoms with Crippen LogP contribution in [0.1, 0.15) is 61.8 Å². The molecule has 0 aliphatic rings. The molecule has 4 N–H and O–H groups in total. The first-order chi connectivity index (χ1) is 21.2. The Morgan fingerprint density at radius 2 is 0.886 bits per heavy atom. The molecule has 4 rings (SSSR count). The summed E-state index contributed by atoms with van der Waals surface area (Å²) in [7, 11) is 0. The van der Waals surface area contributed by atoms with Gasteiger partial charge in [-0.1, -0.05) is 24.3 Å². The molecule has 0 spiro atoms. The predicted octanol–water partition coefficient (Wildman–Crippen LogP) is 6.64. The third-order valence-electron chi connectivity index (χ3n) is 7.02. The highest BCUT2D eigenvalue weighted by molar-refractivity contribution is 5.98. The summed E-state index contributed by atoms with van der Waals surface area (Å²) in [5.41, 5.74) is 1.45.